The first-order valence-corrected chi connectivity index (χ1v) is 14.2. The molecule has 0 aliphatic rings. The third-order valence-electron chi connectivity index (χ3n) is 6.30. The van der Waals surface area contributed by atoms with Crippen LogP contribution in [0.15, 0.2) is 131 Å². The highest BCUT2D eigenvalue weighted by atomic mass is 32.2. The van der Waals surface area contributed by atoms with Crippen molar-refractivity contribution >= 4 is 38.6 Å². The number of benzene rings is 5. The van der Waals surface area contributed by atoms with Crippen molar-refractivity contribution in [1.82, 2.24) is 5.43 Å². The minimum Gasteiger partial charge on any atom is -0.489 e. The van der Waals surface area contributed by atoms with Crippen LogP contribution in [0, 0.1) is 5.82 Å². The summed E-state index contributed by atoms with van der Waals surface area (Å²) in [6.45, 7) is -0.258. The van der Waals surface area contributed by atoms with Crippen LogP contribution in [-0.4, -0.2) is 27.1 Å². The first-order valence-electron chi connectivity index (χ1n) is 12.8. The van der Waals surface area contributed by atoms with Crippen LogP contribution in [0.2, 0.25) is 0 Å². The normalized spacial score (nSPS) is 11.4. The summed E-state index contributed by atoms with van der Waals surface area (Å²) < 4.78 is 47.8. The molecule has 41 heavy (non-hydrogen) atoms. The monoisotopic (exact) mass is 567 g/mol. The van der Waals surface area contributed by atoms with Crippen LogP contribution >= 0.6 is 0 Å². The van der Waals surface area contributed by atoms with Crippen LogP contribution in [0.1, 0.15) is 11.1 Å². The highest BCUT2D eigenvalue weighted by Crippen LogP contribution is 2.26. The molecular weight excluding hydrogens is 541 g/mol. The van der Waals surface area contributed by atoms with Crippen LogP contribution in [0.5, 0.6) is 5.75 Å². The van der Waals surface area contributed by atoms with E-state index < -0.39 is 28.3 Å². The quantitative estimate of drug-likeness (QED) is 0.168. The number of anilines is 1. The summed E-state index contributed by atoms with van der Waals surface area (Å²) in [5, 5.41) is 6.23. The fourth-order valence-electron chi connectivity index (χ4n) is 4.25. The maximum absolute atomic E-state index is 14.6. The fraction of sp³-hybridized carbons (Fsp3) is 0.0625. The molecule has 0 radical (unpaired) electrons. The van der Waals surface area contributed by atoms with E-state index in [9.17, 15) is 17.6 Å². The summed E-state index contributed by atoms with van der Waals surface area (Å²) in [5.74, 6) is -0.837. The van der Waals surface area contributed by atoms with Gasteiger partial charge in [-0.25, -0.2) is 18.2 Å². The van der Waals surface area contributed by atoms with Crippen LogP contribution in [0.4, 0.5) is 10.1 Å². The van der Waals surface area contributed by atoms with E-state index in [2.05, 4.69) is 28.7 Å². The van der Waals surface area contributed by atoms with Gasteiger partial charge in [-0.15, -0.1) is 0 Å². The van der Waals surface area contributed by atoms with Gasteiger partial charge in [-0.2, -0.15) is 5.10 Å². The molecule has 1 amide bonds. The SMILES string of the molecule is O=C(CN(c1ccccc1F)S(=O)(=O)c1ccccc1)N/N=C\c1ccc(OCc2cccc3ccccc23)cc1. The summed E-state index contributed by atoms with van der Waals surface area (Å²) in [4.78, 5) is 12.6. The molecule has 0 aliphatic carbocycles. The predicted molar refractivity (Wildman–Crippen MR) is 158 cm³/mol. The lowest BCUT2D eigenvalue weighted by molar-refractivity contribution is -0.119. The van der Waals surface area contributed by atoms with Gasteiger partial charge in [0.1, 0.15) is 24.7 Å². The number of sulfonamides is 1. The molecule has 0 bridgehead atoms. The number of para-hydroxylation sites is 1. The number of hydrazone groups is 1. The number of fused-ring (bicyclic) bond motifs is 1. The van der Waals surface area contributed by atoms with Crippen molar-refractivity contribution in [2.75, 3.05) is 10.8 Å². The Bertz CT molecular complexity index is 1790. The molecule has 0 unspecified atom stereocenters. The van der Waals surface area contributed by atoms with Crippen molar-refractivity contribution in [3.63, 3.8) is 0 Å². The van der Waals surface area contributed by atoms with E-state index in [0.29, 0.717) is 17.9 Å². The molecule has 9 heteroatoms. The topological polar surface area (TPSA) is 88.1 Å². The van der Waals surface area contributed by atoms with E-state index in [-0.39, 0.29) is 10.6 Å². The van der Waals surface area contributed by atoms with E-state index in [1.165, 1.54) is 36.5 Å². The zero-order chi connectivity index (χ0) is 28.7. The Morgan fingerprint density at radius 3 is 2.29 bits per heavy atom. The van der Waals surface area contributed by atoms with Gasteiger partial charge in [-0.05, 0) is 70.4 Å². The largest absolute Gasteiger partial charge is 0.489 e. The standard InChI is InChI=1S/C32H26FN3O4S/c33-30-15-6-7-16-31(30)36(41(38,39)28-12-2-1-3-13-28)22-32(37)35-34-21-24-17-19-27(20-18-24)40-23-26-11-8-10-25-9-4-5-14-29(25)26/h1-21H,22-23H2,(H,35,37)/b34-21-. The molecule has 0 heterocycles. The Labute approximate surface area is 237 Å². The van der Waals surface area contributed by atoms with Crippen molar-refractivity contribution in [3.05, 3.63) is 138 Å². The molecule has 0 aliphatic heterocycles. The Kier molecular flexibility index (Phi) is 8.36. The molecule has 1 N–H and O–H groups in total. The molecule has 5 rings (SSSR count). The number of nitrogens with one attached hydrogen (secondary N) is 1. The number of carbonyl (C=O) groups excluding carboxylic acids is 1. The zero-order valence-electron chi connectivity index (χ0n) is 21.9. The maximum Gasteiger partial charge on any atom is 0.264 e. The van der Waals surface area contributed by atoms with Crippen molar-refractivity contribution in [1.29, 1.82) is 0 Å². The van der Waals surface area contributed by atoms with E-state index in [4.69, 9.17) is 4.74 Å². The van der Waals surface area contributed by atoms with E-state index in [1.807, 2.05) is 24.3 Å². The molecule has 5 aromatic carbocycles. The molecule has 0 saturated carbocycles. The Morgan fingerprint density at radius 1 is 0.829 bits per heavy atom. The summed E-state index contributed by atoms with van der Waals surface area (Å²) in [6.07, 6.45) is 1.42. The average molecular weight is 568 g/mol. The minimum absolute atomic E-state index is 0.0673. The number of amides is 1. The number of nitrogens with zero attached hydrogens (tertiary/aromatic N) is 2. The molecule has 0 saturated heterocycles. The van der Waals surface area contributed by atoms with Crippen molar-refractivity contribution < 1.29 is 22.3 Å². The van der Waals surface area contributed by atoms with Gasteiger partial charge in [-0.1, -0.05) is 72.8 Å². The fourth-order valence-corrected chi connectivity index (χ4v) is 5.70. The minimum atomic E-state index is -4.22. The molecule has 5 aromatic rings. The Morgan fingerprint density at radius 2 is 1.51 bits per heavy atom. The summed E-state index contributed by atoms with van der Waals surface area (Å²) >= 11 is 0. The molecule has 7 nitrogen and oxygen atoms in total. The molecule has 0 aromatic heterocycles. The lowest BCUT2D eigenvalue weighted by Gasteiger charge is -2.24. The number of halogens is 1. The zero-order valence-corrected chi connectivity index (χ0v) is 22.7. The van der Waals surface area contributed by atoms with Gasteiger partial charge in [0.25, 0.3) is 15.9 Å². The highest BCUT2D eigenvalue weighted by molar-refractivity contribution is 7.92. The van der Waals surface area contributed by atoms with Crippen LogP contribution in [0.3, 0.4) is 0 Å². The van der Waals surface area contributed by atoms with Gasteiger partial charge in [0.05, 0.1) is 16.8 Å². The number of carbonyl (C=O) groups is 1. The Hall–Kier alpha value is -5.02. The first-order chi connectivity index (χ1) is 19.9. The highest BCUT2D eigenvalue weighted by Gasteiger charge is 2.28. The lowest BCUT2D eigenvalue weighted by atomic mass is 10.1. The maximum atomic E-state index is 14.6. The number of ether oxygens (including phenoxy) is 1. The molecular formula is C32H26FN3O4S. The lowest BCUT2D eigenvalue weighted by Crippen LogP contribution is -2.40. The van der Waals surface area contributed by atoms with Crippen LogP contribution in [0.25, 0.3) is 10.8 Å². The molecule has 0 fully saturated rings. The van der Waals surface area contributed by atoms with Gasteiger partial charge in [0, 0.05) is 0 Å². The smallest absolute Gasteiger partial charge is 0.264 e. The summed E-state index contributed by atoms with van der Waals surface area (Å²) in [7, 11) is -4.22. The summed E-state index contributed by atoms with van der Waals surface area (Å²) in [5.41, 5.74) is 3.85. The van der Waals surface area contributed by atoms with E-state index in [0.717, 1.165) is 26.7 Å². The second-order valence-corrected chi connectivity index (χ2v) is 10.9. The van der Waals surface area contributed by atoms with Crippen molar-refractivity contribution in [3.8, 4) is 5.75 Å². The second kappa shape index (κ2) is 12.4. The van der Waals surface area contributed by atoms with Crippen LogP contribution in [-0.2, 0) is 21.4 Å². The Balaban J connectivity index is 1.22. The summed E-state index contributed by atoms with van der Waals surface area (Å²) in [6, 6.07) is 34.3. The predicted octanol–water partition coefficient (Wildman–Crippen LogP) is 5.90. The van der Waals surface area contributed by atoms with Gasteiger partial charge in [-0.3, -0.25) is 9.10 Å². The third-order valence-corrected chi connectivity index (χ3v) is 8.07. The van der Waals surface area contributed by atoms with Gasteiger partial charge in [0.15, 0.2) is 0 Å². The average Bonchev–Trinajstić information content (AvgIpc) is 3.00. The van der Waals surface area contributed by atoms with Crippen molar-refractivity contribution in [2.24, 2.45) is 5.10 Å². The van der Waals surface area contributed by atoms with Gasteiger partial charge >= 0.3 is 0 Å². The number of hydrogen-bond acceptors (Lipinski definition) is 5. The van der Waals surface area contributed by atoms with Gasteiger partial charge in [0.2, 0.25) is 0 Å². The third kappa shape index (κ3) is 6.59. The van der Waals surface area contributed by atoms with Crippen molar-refractivity contribution in [2.45, 2.75) is 11.5 Å². The second-order valence-electron chi connectivity index (χ2n) is 9.07. The molecule has 0 atom stereocenters. The number of hydrogen-bond donors (Lipinski definition) is 1. The van der Waals surface area contributed by atoms with Gasteiger partial charge < -0.3 is 4.74 Å². The number of rotatable bonds is 10. The first kappa shape index (κ1) is 27.5. The van der Waals surface area contributed by atoms with E-state index >= 15 is 0 Å². The molecule has 0 spiro atoms. The molecule has 206 valence electrons. The van der Waals surface area contributed by atoms with Crippen LogP contribution < -0.4 is 14.5 Å². The van der Waals surface area contributed by atoms with E-state index in [1.54, 1.807) is 42.5 Å².